The Balaban J connectivity index is 4.30. The van der Waals surface area contributed by atoms with E-state index in [1.165, 1.54) is 0 Å². The number of hydrogen-bond donors (Lipinski definition) is 2. The maximum absolute atomic E-state index is 11.6. The van der Waals surface area contributed by atoms with Gasteiger partial charge in [-0.05, 0) is 19.8 Å². The highest BCUT2D eigenvalue weighted by Gasteiger charge is 2.29. The van der Waals surface area contributed by atoms with E-state index in [2.05, 4.69) is 11.9 Å². The van der Waals surface area contributed by atoms with Crippen molar-refractivity contribution in [3.63, 3.8) is 0 Å². The van der Waals surface area contributed by atoms with Crippen molar-refractivity contribution < 1.29 is 4.79 Å². The first-order valence-corrected chi connectivity index (χ1v) is 4.72. The molecule has 0 aromatic heterocycles. The molecule has 13 heavy (non-hydrogen) atoms. The molecule has 0 rings (SSSR count). The molecule has 3 nitrogen and oxygen atoms in total. The van der Waals surface area contributed by atoms with E-state index >= 15 is 0 Å². The lowest BCUT2D eigenvalue weighted by atomic mass is 9.93. The van der Waals surface area contributed by atoms with Crippen LogP contribution in [0.4, 0.5) is 0 Å². The fourth-order valence-corrected chi connectivity index (χ4v) is 0.981. The highest BCUT2D eigenvalue weighted by Crippen LogP contribution is 2.11. The molecule has 0 fully saturated rings. The Labute approximate surface area is 80.4 Å². The average Bonchev–Trinajstić information content (AvgIpc) is 2.16. The molecule has 0 saturated heterocycles. The van der Waals surface area contributed by atoms with Crippen molar-refractivity contribution in [2.75, 3.05) is 0 Å². The molecule has 1 unspecified atom stereocenters. The Morgan fingerprint density at radius 1 is 1.62 bits per heavy atom. The van der Waals surface area contributed by atoms with Crippen molar-refractivity contribution in [1.82, 2.24) is 5.32 Å². The van der Waals surface area contributed by atoms with Crippen LogP contribution in [-0.2, 0) is 4.79 Å². The summed E-state index contributed by atoms with van der Waals surface area (Å²) in [6, 6.07) is -0.0199. The molecule has 1 atom stereocenters. The molecule has 0 aliphatic heterocycles. The van der Waals surface area contributed by atoms with Crippen molar-refractivity contribution in [2.45, 2.75) is 45.2 Å². The summed E-state index contributed by atoms with van der Waals surface area (Å²) in [4.78, 5) is 11.6. The second-order valence-electron chi connectivity index (χ2n) is 3.36. The highest BCUT2D eigenvalue weighted by molar-refractivity contribution is 5.86. The molecule has 0 bridgehead atoms. The predicted molar refractivity (Wildman–Crippen MR) is 55.3 cm³/mol. The zero-order valence-electron chi connectivity index (χ0n) is 8.76. The molecular formula is C10H20N2O. The molecule has 0 aliphatic rings. The van der Waals surface area contributed by atoms with Crippen molar-refractivity contribution in [3.05, 3.63) is 12.7 Å². The van der Waals surface area contributed by atoms with Crippen molar-refractivity contribution in [1.29, 1.82) is 0 Å². The normalized spacial score (nSPS) is 13.5. The first-order valence-electron chi connectivity index (χ1n) is 4.72. The summed E-state index contributed by atoms with van der Waals surface area (Å²) in [5.74, 6) is -0.0927. The number of amides is 1. The zero-order chi connectivity index (χ0) is 10.5. The van der Waals surface area contributed by atoms with Crippen LogP contribution in [0.25, 0.3) is 0 Å². The third kappa shape index (κ3) is 3.19. The van der Waals surface area contributed by atoms with Crippen LogP contribution >= 0.6 is 0 Å². The van der Waals surface area contributed by atoms with E-state index in [0.29, 0.717) is 12.8 Å². The maximum Gasteiger partial charge on any atom is 0.240 e. The Morgan fingerprint density at radius 3 is 2.38 bits per heavy atom. The monoisotopic (exact) mass is 184 g/mol. The van der Waals surface area contributed by atoms with Crippen molar-refractivity contribution in [3.8, 4) is 0 Å². The van der Waals surface area contributed by atoms with Crippen LogP contribution in [0.1, 0.15) is 33.6 Å². The van der Waals surface area contributed by atoms with E-state index in [-0.39, 0.29) is 11.9 Å². The molecule has 0 saturated carbocycles. The summed E-state index contributed by atoms with van der Waals surface area (Å²) in [6.45, 7) is 9.30. The fraction of sp³-hybridized carbons (Fsp3) is 0.700. The molecule has 0 aliphatic carbocycles. The SMILES string of the molecule is C=CC(C)NC(=O)C(N)(CC)CC. The van der Waals surface area contributed by atoms with E-state index in [4.69, 9.17) is 5.73 Å². The summed E-state index contributed by atoms with van der Waals surface area (Å²) in [6.07, 6.45) is 2.99. The van der Waals surface area contributed by atoms with Gasteiger partial charge in [0.05, 0.1) is 5.54 Å². The number of nitrogens with one attached hydrogen (secondary N) is 1. The third-order valence-corrected chi connectivity index (χ3v) is 2.43. The van der Waals surface area contributed by atoms with E-state index in [9.17, 15) is 4.79 Å². The Hall–Kier alpha value is -0.830. The standard InChI is InChI=1S/C10H20N2O/c1-5-8(4)12-9(13)10(11,6-2)7-3/h5,8H,1,6-7,11H2,2-4H3,(H,12,13). The highest BCUT2D eigenvalue weighted by atomic mass is 16.2. The molecule has 76 valence electrons. The Bertz CT molecular complexity index is 185. The second kappa shape index (κ2) is 5.02. The van der Waals surface area contributed by atoms with Crippen LogP contribution in [0.15, 0.2) is 12.7 Å². The minimum Gasteiger partial charge on any atom is -0.349 e. The van der Waals surface area contributed by atoms with Crippen molar-refractivity contribution in [2.24, 2.45) is 5.73 Å². The van der Waals surface area contributed by atoms with Gasteiger partial charge in [-0.2, -0.15) is 0 Å². The topological polar surface area (TPSA) is 55.1 Å². The van der Waals surface area contributed by atoms with Gasteiger partial charge in [0.2, 0.25) is 5.91 Å². The lowest BCUT2D eigenvalue weighted by Gasteiger charge is -2.26. The number of rotatable bonds is 5. The minimum atomic E-state index is -0.725. The van der Waals surface area contributed by atoms with E-state index < -0.39 is 5.54 Å². The molecular weight excluding hydrogens is 164 g/mol. The molecule has 0 radical (unpaired) electrons. The van der Waals surface area contributed by atoms with E-state index in [1.807, 2.05) is 20.8 Å². The van der Waals surface area contributed by atoms with Crippen LogP contribution in [0, 0.1) is 0 Å². The van der Waals surface area contributed by atoms with Crippen LogP contribution in [0.3, 0.4) is 0 Å². The first-order chi connectivity index (χ1) is 6.00. The second-order valence-corrected chi connectivity index (χ2v) is 3.36. The van der Waals surface area contributed by atoms with Crippen LogP contribution in [0.5, 0.6) is 0 Å². The smallest absolute Gasteiger partial charge is 0.240 e. The lowest BCUT2D eigenvalue weighted by Crippen LogP contribution is -2.54. The predicted octanol–water partition coefficient (Wildman–Crippen LogP) is 1.19. The largest absolute Gasteiger partial charge is 0.349 e. The molecule has 0 aromatic carbocycles. The summed E-state index contributed by atoms with van der Waals surface area (Å²) in [5, 5.41) is 2.79. The van der Waals surface area contributed by atoms with Gasteiger partial charge in [-0.3, -0.25) is 4.79 Å². The molecule has 0 spiro atoms. The van der Waals surface area contributed by atoms with Crippen LogP contribution in [-0.4, -0.2) is 17.5 Å². The van der Waals surface area contributed by atoms with Gasteiger partial charge >= 0.3 is 0 Å². The quantitative estimate of drug-likeness (QED) is 0.631. The number of hydrogen-bond acceptors (Lipinski definition) is 2. The average molecular weight is 184 g/mol. The molecule has 0 heterocycles. The molecule has 0 aromatic rings. The first kappa shape index (κ1) is 12.2. The Morgan fingerprint density at radius 2 is 2.08 bits per heavy atom. The van der Waals surface area contributed by atoms with Crippen LogP contribution in [0.2, 0.25) is 0 Å². The third-order valence-electron chi connectivity index (χ3n) is 2.43. The lowest BCUT2D eigenvalue weighted by molar-refractivity contribution is -0.126. The summed E-state index contributed by atoms with van der Waals surface area (Å²) in [7, 11) is 0. The summed E-state index contributed by atoms with van der Waals surface area (Å²) in [5.41, 5.74) is 5.17. The number of carbonyl (C=O) groups excluding carboxylic acids is 1. The van der Waals surface area contributed by atoms with Gasteiger partial charge in [-0.25, -0.2) is 0 Å². The minimum absolute atomic E-state index is 0.0199. The molecule has 3 N–H and O–H groups in total. The van der Waals surface area contributed by atoms with Gasteiger partial charge in [0.15, 0.2) is 0 Å². The van der Waals surface area contributed by atoms with Gasteiger partial charge in [0.25, 0.3) is 0 Å². The molecule has 1 amide bonds. The van der Waals surface area contributed by atoms with Crippen LogP contribution < -0.4 is 11.1 Å². The van der Waals surface area contributed by atoms with Gasteiger partial charge in [0, 0.05) is 6.04 Å². The maximum atomic E-state index is 11.6. The zero-order valence-corrected chi connectivity index (χ0v) is 8.76. The van der Waals surface area contributed by atoms with Gasteiger partial charge < -0.3 is 11.1 Å². The fourth-order valence-electron chi connectivity index (χ4n) is 0.981. The van der Waals surface area contributed by atoms with Crippen molar-refractivity contribution >= 4 is 5.91 Å². The van der Waals surface area contributed by atoms with E-state index in [1.54, 1.807) is 6.08 Å². The van der Waals surface area contributed by atoms with Gasteiger partial charge in [-0.15, -0.1) is 6.58 Å². The number of carbonyl (C=O) groups is 1. The van der Waals surface area contributed by atoms with Gasteiger partial charge in [0.1, 0.15) is 0 Å². The summed E-state index contributed by atoms with van der Waals surface area (Å²) >= 11 is 0. The summed E-state index contributed by atoms with van der Waals surface area (Å²) < 4.78 is 0. The number of nitrogens with two attached hydrogens (primary N) is 1. The van der Waals surface area contributed by atoms with E-state index in [0.717, 1.165) is 0 Å². The van der Waals surface area contributed by atoms with Gasteiger partial charge in [-0.1, -0.05) is 19.9 Å². The molecule has 3 heteroatoms. The Kier molecular flexibility index (Phi) is 4.70.